The van der Waals surface area contributed by atoms with Gasteiger partial charge in [-0.25, -0.2) is 4.79 Å². The minimum absolute atomic E-state index is 0.0318. The number of rotatable bonds is 1. The highest BCUT2D eigenvalue weighted by atomic mass is 16.6. The van der Waals surface area contributed by atoms with Crippen LogP contribution in [-0.2, 0) is 4.74 Å². The number of piperazine rings is 1. The predicted octanol–water partition coefficient (Wildman–Crippen LogP) is 3.08. The van der Waals surface area contributed by atoms with Gasteiger partial charge in [-0.15, -0.1) is 0 Å². The Labute approximate surface area is 136 Å². The van der Waals surface area contributed by atoms with Crippen molar-refractivity contribution in [1.82, 2.24) is 9.80 Å². The van der Waals surface area contributed by atoms with Crippen LogP contribution in [0.2, 0.25) is 0 Å². The summed E-state index contributed by atoms with van der Waals surface area (Å²) in [5, 5.41) is 0. The van der Waals surface area contributed by atoms with Crippen molar-refractivity contribution in [3.8, 4) is 0 Å². The summed E-state index contributed by atoms with van der Waals surface area (Å²) in [4.78, 5) is 28.5. The maximum absolute atomic E-state index is 12.7. The molecule has 2 aliphatic rings. The molecule has 5 nitrogen and oxygen atoms in total. The molecular formula is C18H22N2O3. The van der Waals surface area contributed by atoms with E-state index in [4.69, 9.17) is 4.74 Å². The highest BCUT2D eigenvalue weighted by Gasteiger charge is 2.42. The minimum Gasteiger partial charge on any atom is -0.444 e. The van der Waals surface area contributed by atoms with Crippen LogP contribution >= 0.6 is 0 Å². The van der Waals surface area contributed by atoms with Crippen molar-refractivity contribution in [2.75, 3.05) is 19.6 Å². The van der Waals surface area contributed by atoms with Gasteiger partial charge in [0, 0.05) is 19.6 Å². The summed E-state index contributed by atoms with van der Waals surface area (Å²) >= 11 is 0. The number of carbonyl (C=O) groups is 2. The lowest BCUT2D eigenvalue weighted by Crippen LogP contribution is -2.50. The fourth-order valence-corrected chi connectivity index (χ4v) is 3.21. The number of hydrogen-bond donors (Lipinski definition) is 0. The Kier molecular flexibility index (Phi) is 3.66. The molecule has 2 amide bonds. The third-order valence-electron chi connectivity index (χ3n) is 4.21. The number of ether oxygens (including phenoxy) is 1. The fraction of sp³-hybridized carbons (Fsp3) is 0.444. The molecule has 23 heavy (non-hydrogen) atoms. The second kappa shape index (κ2) is 5.41. The third-order valence-corrected chi connectivity index (χ3v) is 4.21. The van der Waals surface area contributed by atoms with Crippen LogP contribution in [0.1, 0.15) is 48.3 Å². The molecule has 0 radical (unpaired) electrons. The standard InChI is InChI=1S/C18H22N2O3/c1-5-12-7-6-8-13-14-11-19(17(22)23-18(2,3)4)9-10-20(14)16(21)15(12)13/h5-8,14H,1,9-11H2,2-4H3/t14-/m0/s1. The molecule has 0 bridgehead atoms. The van der Waals surface area contributed by atoms with Gasteiger partial charge < -0.3 is 14.5 Å². The lowest BCUT2D eigenvalue weighted by molar-refractivity contribution is 0.00657. The molecule has 0 aromatic heterocycles. The Bertz CT molecular complexity index is 675. The van der Waals surface area contributed by atoms with E-state index in [2.05, 4.69) is 6.58 Å². The first-order chi connectivity index (χ1) is 10.8. The van der Waals surface area contributed by atoms with Crippen LogP contribution in [-0.4, -0.2) is 47.0 Å². The van der Waals surface area contributed by atoms with E-state index in [1.54, 1.807) is 11.0 Å². The molecule has 1 saturated heterocycles. The van der Waals surface area contributed by atoms with E-state index in [0.29, 0.717) is 19.6 Å². The zero-order valence-electron chi connectivity index (χ0n) is 13.8. The Balaban J connectivity index is 1.86. The molecule has 1 aromatic rings. The van der Waals surface area contributed by atoms with Gasteiger partial charge in [0.1, 0.15) is 5.60 Å². The second-order valence-corrected chi connectivity index (χ2v) is 6.96. The van der Waals surface area contributed by atoms with Crippen molar-refractivity contribution in [2.24, 2.45) is 0 Å². The molecule has 0 spiro atoms. The average Bonchev–Trinajstić information content (AvgIpc) is 2.78. The molecular weight excluding hydrogens is 292 g/mol. The number of nitrogens with zero attached hydrogens (tertiary/aromatic N) is 2. The number of benzene rings is 1. The molecule has 1 aromatic carbocycles. The summed E-state index contributed by atoms with van der Waals surface area (Å²) in [6, 6.07) is 5.69. The van der Waals surface area contributed by atoms with Gasteiger partial charge in [-0.05, 0) is 31.9 Å². The van der Waals surface area contributed by atoms with Gasteiger partial charge in [0.15, 0.2) is 0 Å². The lowest BCUT2D eigenvalue weighted by atomic mass is 9.99. The fourth-order valence-electron chi connectivity index (χ4n) is 3.21. The van der Waals surface area contributed by atoms with Crippen LogP contribution in [0.5, 0.6) is 0 Å². The average molecular weight is 314 g/mol. The summed E-state index contributed by atoms with van der Waals surface area (Å²) in [7, 11) is 0. The van der Waals surface area contributed by atoms with Crippen LogP contribution < -0.4 is 0 Å². The molecule has 0 N–H and O–H groups in total. The first-order valence-corrected chi connectivity index (χ1v) is 7.86. The van der Waals surface area contributed by atoms with Gasteiger partial charge in [-0.2, -0.15) is 0 Å². The molecule has 0 unspecified atom stereocenters. The maximum atomic E-state index is 12.7. The van der Waals surface area contributed by atoms with Gasteiger partial charge in [0.25, 0.3) is 5.91 Å². The molecule has 1 fully saturated rings. The summed E-state index contributed by atoms with van der Waals surface area (Å²) in [5.41, 5.74) is 2.03. The van der Waals surface area contributed by atoms with Gasteiger partial charge in [0.05, 0.1) is 11.6 Å². The van der Waals surface area contributed by atoms with Gasteiger partial charge in [0.2, 0.25) is 0 Å². The number of carbonyl (C=O) groups excluding carboxylic acids is 2. The molecule has 3 rings (SSSR count). The van der Waals surface area contributed by atoms with Crippen LogP contribution in [0.15, 0.2) is 24.8 Å². The topological polar surface area (TPSA) is 49.9 Å². The zero-order chi connectivity index (χ0) is 16.8. The van der Waals surface area contributed by atoms with Crippen molar-refractivity contribution < 1.29 is 14.3 Å². The predicted molar refractivity (Wildman–Crippen MR) is 88.1 cm³/mol. The summed E-state index contributed by atoms with van der Waals surface area (Å²) < 4.78 is 5.45. The maximum Gasteiger partial charge on any atom is 0.410 e. The van der Waals surface area contributed by atoms with Crippen molar-refractivity contribution in [1.29, 1.82) is 0 Å². The van der Waals surface area contributed by atoms with E-state index in [0.717, 1.165) is 16.7 Å². The minimum atomic E-state index is -0.520. The van der Waals surface area contributed by atoms with E-state index in [1.165, 1.54) is 0 Å². The van der Waals surface area contributed by atoms with Gasteiger partial charge in [-0.1, -0.05) is 30.9 Å². The second-order valence-electron chi connectivity index (χ2n) is 6.96. The Morgan fingerprint density at radius 1 is 1.35 bits per heavy atom. The molecule has 122 valence electrons. The SMILES string of the molecule is C=Cc1cccc2c1C(=O)N1CCN(C(=O)OC(C)(C)C)C[C@@H]21. The normalized spacial score (nSPS) is 20.1. The smallest absolute Gasteiger partial charge is 0.410 e. The molecule has 0 aliphatic carbocycles. The zero-order valence-corrected chi connectivity index (χ0v) is 13.8. The van der Waals surface area contributed by atoms with Gasteiger partial charge >= 0.3 is 6.09 Å². The van der Waals surface area contributed by atoms with E-state index < -0.39 is 5.60 Å². The Morgan fingerprint density at radius 3 is 2.74 bits per heavy atom. The molecule has 0 saturated carbocycles. The summed E-state index contributed by atoms with van der Waals surface area (Å²) in [6.45, 7) is 10.8. The first-order valence-electron chi connectivity index (χ1n) is 7.86. The van der Waals surface area contributed by atoms with Crippen molar-refractivity contribution in [2.45, 2.75) is 32.4 Å². The molecule has 2 aliphatic heterocycles. The van der Waals surface area contributed by atoms with E-state index in [-0.39, 0.29) is 18.0 Å². The highest BCUT2D eigenvalue weighted by Crippen LogP contribution is 2.38. The van der Waals surface area contributed by atoms with Crippen molar-refractivity contribution >= 4 is 18.1 Å². The van der Waals surface area contributed by atoms with Crippen molar-refractivity contribution in [3.05, 3.63) is 41.5 Å². The number of hydrogen-bond acceptors (Lipinski definition) is 3. The summed E-state index contributed by atoms with van der Waals surface area (Å²) in [6.07, 6.45) is 1.39. The van der Waals surface area contributed by atoms with Gasteiger partial charge in [-0.3, -0.25) is 4.79 Å². The monoisotopic (exact) mass is 314 g/mol. The Morgan fingerprint density at radius 2 is 2.09 bits per heavy atom. The highest BCUT2D eigenvalue weighted by molar-refractivity contribution is 6.02. The molecule has 5 heteroatoms. The molecule has 2 heterocycles. The van der Waals surface area contributed by atoms with Crippen molar-refractivity contribution in [3.63, 3.8) is 0 Å². The van der Waals surface area contributed by atoms with E-state index >= 15 is 0 Å². The third kappa shape index (κ3) is 2.71. The Hall–Kier alpha value is -2.30. The van der Waals surface area contributed by atoms with Crippen LogP contribution in [0.4, 0.5) is 4.79 Å². The largest absolute Gasteiger partial charge is 0.444 e. The number of fused-ring (bicyclic) bond motifs is 3. The number of amides is 2. The van der Waals surface area contributed by atoms with E-state index in [9.17, 15) is 9.59 Å². The quantitative estimate of drug-likeness (QED) is 0.800. The first kappa shape index (κ1) is 15.6. The summed E-state index contributed by atoms with van der Waals surface area (Å²) in [5.74, 6) is 0.0318. The van der Waals surface area contributed by atoms with E-state index in [1.807, 2.05) is 43.9 Å². The molecule has 1 atom stereocenters. The van der Waals surface area contributed by atoms with Crippen LogP contribution in [0, 0.1) is 0 Å². The van der Waals surface area contributed by atoms with Crippen LogP contribution in [0.3, 0.4) is 0 Å². The lowest BCUT2D eigenvalue weighted by Gasteiger charge is -2.38. The van der Waals surface area contributed by atoms with Crippen LogP contribution in [0.25, 0.3) is 6.08 Å².